The van der Waals surface area contributed by atoms with Gasteiger partial charge in [0.1, 0.15) is 48.8 Å². The van der Waals surface area contributed by atoms with Crippen LogP contribution in [0.5, 0.6) is 0 Å². The molecular formula is C73H102N20O18. The lowest BCUT2D eigenvalue weighted by Gasteiger charge is -2.47. The number of benzene rings is 5. The van der Waals surface area contributed by atoms with Crippen LogP contribution in [0.2, 0.25) is 0 Å². The number of ether oxygens (including phenoxy) is 12. The molecule has 38 nitrogen and oxygen atoms in total. The van der Waals surface area contributed by atoms with E-state index in [1.807, 2.05) is 159 Å². The fourth-order valence-electron chi connectivity index (χ4n) is 13.9. The number of nitrogens with zero attached hydrogens (tertiary/aromatic N) is 15. The summed E-state index contributed by atoms with van der Waals surface area (Å²) < 4.78 is 72.4. The Morgan fingerprint density at radius 3 is 1.40 bits per heavy atom. The molecule has 6 fully saturated rings. The maximum atomic E-state index is 11.2. The highest BCUT2D eigenvalue weighted by molar-refractivity contribution is 5.18. The Kier molecular flexibility index (Phi) is 36.1. The maximum absolute atomic E-state index is 11.2. The average Bonchev–Trinajstić information content (AvgIpc) is 0.792. The van der Waals surface area contributed by atoms with Crippen molar-refractivity contribution in [1.82, 2.24) is 0 Å². The zero-order valence-corrected chi connectivity index (χ0v) is 60.5. The van der Waals surface area contributed by atoms with Gasteiger partial charge in [-0.2, -0.15) is 0 Å². The molecule has 38 heteroatoms. The van der Waals surface area contributed by atoms with E-state index in [4.69, 9.17) is 96.6 Å². The Labute approximate surface area is 641 Å². The molecule has 0 amide bonds. The van der Waals surface area contributed by atoms with Crippen LogP contribution >= 0.6 is 0 Å². The van der Waals surface area contributed by atoms with Gasteiger partial charge in [0.25, 0.3) is 0 Å². The van der Waals surface area contributed by atoms with Gasteiger partial charge in [0.2, 0.25) is 0 Å². The number of hydrogen-bond acceptors (Lipinski definition) is 28. The monoisotopic (exact) mass is 1550 g/mol. The van der Waals surface area contributed by atoms with Crippen molar-refractivity contribution in [2.75, 3.05) is 26.3 Å². The van der Waals surface area contributed by atoms with E-state index in [0.29, 0.717) is 19.8 Å². The van der Waals surface area contributed by atoms with Gasteiger partial charge in [0.15, 0.2) is 18.9 Å². The van der Waals surface area contributed by atoms with Crippen LogP contribution in [0.4, 0.5) is 0 Å². The van der Waals surface area contributed by atoms with Crippen molar-refractivity contribution in [3.63, 3.8) is 0 Å². The molecule has 6 aliphatic rings. The van der Waals surface area contributed by atoms with Crippen LogP contribution in [0.25, 0.3) is 52.2 Å². The predicted octanol–water partition coefficient (Wildman–Crippen LogP) is 5.95. The van der Waals surface area contributed by atoms with E-state index >= 15 is 0 Å². The normalized spacial score (nSPS) is 34.4. The molecule has 4 aliphatic heterocycles. The molecule has 0 spiro atoms. The van der Waals surface area contributed by atoms with Gasteiger partial charge in [-0.25, -0.2) is 0 Å². The Balaban J connectivity index is 0.000000211. The maximum Gasteiger partial charge on any atom is 0.176 e. The third-order valence-corrected chi connectivity index (χ3v) is 19.7. The molecular weight excluding hydrogens is 1440 g/mol. The van der Waals surface area contributed by atoms with Crippen molar-refractivity contribution in [3.05, 3.63) is 232 Å². The minimum Gasteiger partial charge on any atom is -0.394 e. The highest BCUT2D eigenvalue weighted by Crippen LogP contribution is 2.37. The van der Waals surface area contributed by atoms with Crippen molar-refractivity contribution in [2.24, 2.45) is 54.2 Å². The first kappa shape index (κ1) is 88.3. The van der Waals surface area contributed by atoms with E-state index in [2.05, 4.69) is 50.1 Å². The van der Waals surface area contributed by atoms with E-state index in [-0.39, 0.29) is 72.1 Å². The van der Waals surface area contributed by atoms with Gasteiger partial charge in [-0.05, 0) is 88.1 Å². The molecule has 16 N–H and O–H groups in total. The lowest BCUT2D eigenvalue weighted by atomic mass is 9.84. The van der Waals surface area contributed by atoms with E-state index in [0.717, 1.165) is 27.8 Å². The molecule has 4 saturated heterocycles. The molecule has 111 heavy (non-hydrogen) atoms. The second-order valence-corrected chi connectivity index (χ2v) is 27.3. The van der Waals surface area contributed by atoms with E-state index in [9.17, 15) is 47.2 Å². The molecule has 602 valence electrons. The van der Waals surface area contributed by atoms with Gasteiger partial charge >= 0.3 is 0 Å². The predicted molar refractivity (Wildman–Crippen MR) is 400 cm³/mol. The standard InChI is InChI=1S/C28H31N3O4.C26H30N12O5.C18H37N5O9.CH4/c1-21-27(33-18-23-13-7-3-8-14-23)28(34-19-24-15-9-4-10-16-24)26(30-31-29)25(35-21)20-32-17-22-11-5-2-6-12-22;27-35-31-13-22-21(40-14-16-7-3-1-4-8-16)12-20(34-38-30)26(42-22)43-24-19(33-37-29)11-18(32-36-28)23(39)25(24)41-15-17-9-5-2-6-10-17;19-3-9-8(25)2-7(22)17(29-9)31-15-5(20)1-6(21)16(14(15)28)32-18-11(23)13(27)12(26)10(4-24)30-18;/h2-16,21,25-28H,17-20H2,1H3;1-10,18-26,39H,11-15H2;5-18,24-28H,1-4,19-23H2;1H4/t21-,25-,26-,27+,28+;18-,19+,20-,21+,22-,23+,24-,25-,26-;5-,6+,7+,8-,9+,10+,11+,12+,13+,14-,15+,16-,17+,18+;/m110./s1. The van der Waals surface area contributed by atoms with Gasteiger partial charge in [0, 0.05) is 43.2 Å². The Bertz CT molecular complexity index is 3790. The summed E-state index contributed by atoms with van der Waals surface area (Å²) in [6, 6.07) is 41.7. The van der Waals surface area contributed by atoms with Crippen molar-refractivity contribution >= 4 is 0 Å². The Morgan fingerprint density at radius 2 is 0.883 bits per heavy atom. The molecule has 5 aromatic rings. The summed E-state index contributed by atoms with van der Waals surface area (Å²) in [7, 11) is 0. The highest BCUT2D eigenvalue weighted by atomic mass is 16.7. The summed E-state index contributed by atoms with van der Waals surface area (Å²) in [6.45, 7) is 3.15. The third kappa shape index (κ3) is 24.9. The Hall–Kier alpha value is -8.27. The summed E-state index contributed by atoms with van der Waals surface area (Å²) in [5.74, 6) is 0. The van der Waals surface area contributed by atoms with Gasteiger partial charge in [-0.15, -0.1) is 0 Å². The minimum absolute atomic E-state index is 0. The molecule has 0 unspecified atom stereocenters. The second kappa shape index (κ2) is 45.4. The molecule has 11 rings (SSSR count). The molecule has 4 heterocycles. The number of nitrogens with two attached hydrogens (primary N) is 5. The summed E-state index contributed by atoms with van der Waals surface area (Å²) in [4.78, 5) is 14.6. The van der Waals surface area contributed by atoms with Crippen molar-refractivity contribution in [1.29, 1.82) is 0 Å². The topological polar surface area (TPSA) is 606 Å². The lowest BCUT2D eigenvalue weighted by Crippen LogP contribution is -2.68. The van der Waals surface area contributed by atoms with E-state index in [1.54, 1.807) is 0 Å². The third-order valence-electron chi connectivity index (χ3n) is 19.7. The van der Waals surface area contributed by atoms with Gasteiger partial charge in [-0.1, -0.05) is 185 Å². The van der Waals surface area contributed by atoms with E-state index < -0.39 is 171 Å². The summed E-state index contributed by atoms with van der Waals surface area (Å²) in [5, 5.41) is 80.8. The fourth-order valence-corrected chi connectivity index (χ4v) is 13.9. The van der Waals surface area contributed by atoms with Crippen molar-refractivity contribution < 1.29 is 87.5 Å². The zero-order chi connectivity index (χ0) is 78.5. The first-order valence-corrected chi connectivity index (χ1v) is 36.1. The Morgan fingerprint density at radius 1 is 0.423 bits per heavy atom. The lowest BCUT2D eigenvalue weighted by molar-refractivity contribution is -0.307. The van der Waals surface area contributed by atoms with Crippen LogP contribution in [-0.4, -0.2) is 228 Å². The molecule has 2 aliphatic carbocycles. The number of aliphatic hydroxyl groups excluding tert-OH is 6. The van der Waals surface area contributed by atoms with Crippen LogP contribution < -0.4 is 28.7 Å². The number of rotatable bonds is 30. The SMILES string of the molecule is C.C[C@H]1O[C@H](COCc2ccccc2)[C@@H](N=[N+]=[N-])[C@H](OCc2ccccc2)[C@H]1OCc1ccccc1.NC[C@H]1O[C@H](O[C@H]2[C@H](O)[C@@H](O[C@H]3O[C@H](CO)[C@@H](O)[C@H](O)[C@H]3N)[C@H](N)C[C@@H]2N)[C@H](N)C[C@@H]1O.[N-]=[N+]=NC[C@H]1O[C@H](O[C@H]2[C@H](OCc3ccccc3)[C@@H](O)[C@H](N=[N+]=[N-])C[C@@H]2N=[N+]=[N-])[C@H](N=[N+]=[N-])C[C@@H]1OCc1ccccc1. The fraction of sp³-hybridized carbons (Fsp3) is 0.589. The van der Waals surface area contributed by atoms with Crippen LogP contribution in [0.3, 0.4) is 0 Å². The molecule has 5 aromatic carbocycles. The van der Waals surface area contributed by atoms with Crippen LogP contribution in [0.1, 0.15) is 67.9 Å². The van der Waals surface area contributed by atoms with Crippen LogP contribution in [0.15, 0.2) is 177 Å². The summed E-state index contributed by atoms with van der Waals surface area (Å²) >= 11 is 0. The van der Waals surface area contributed by atoms with Gasteiger partial charge in [-0.3, -0.25) is 0 Å². The van der Waals surface area contributed by atoms with Gasteiger partial charge in [0.05, 0.1) is 144 Å². The van der Waals surface area contributed by atoms with Crippen molar-refractivity contribution in [2.45, 2.75) is 244 Å². The number of azide groups is 5. The summed E-state index contributed by atoms with van der Waals surface area (Å²) in [6.07, 6.45) is -18.4. The molecule has 0 bridgehead atoms. The van der Waals surface area contributed by atoms with Gasteiger partial charge < -0.3 is 116 Å². The van der Waals surface area contributed by atoms with Crippen LogP contribution in [0, 0.1) is 0 Å². The number of hydrogen-bond donors (Lipinski definition) is 11. The summed E-state index contributed by atoms with van der Waals surface area (Å²) in [5.41, 5.74) is 80.8. The number of aliphatic hydroxyl groups is 6. The largest absolute Gasteiger partial charge is 0.394 e. The second-order valence-electron chi connectivity index (χ2n) is 27.3. The van der Waals surface area contributed by atoms with E-state index in [1.165, 1.54) is 0 Å². The molecule has 2 saturated carbocycles. The molecule has 0 aromatic heterocycles. The quantitative estimate of drug-likeness (QED) is 0.0144. The highest BCUT2D eigenvalue weighted by Gasteiger charge is 2.53. The molecule has 0 radical (unpaired) electrons. The first-order valence-electron chi connectivity index (χ1n) is 36.1. The minimum atomic E-state index is -1.43. The first-order chi connectivity index (χ1) is 53.4. The molecule has 28 atom stereocenters. The average molecular weight is 1550 g/mol. The van der Waals surface area contributed by atoms with Crippen molar-refractivity contribution in [3.8, 4) is 0 Å². The smallest absolute Gasteiger partial charge is 0.176 e. The zero-order valence-electron chi connectivity index (χ0n) is 60.5. The van der Waals surface area contributed by atoms with Crippen LogP contribution in [-0.2, 0) is 89.9 Å².